The lowest BCUT2D eigenvalue weighted by molar-refractivity contribution is 0.0691. The minimum Gasteiger partial charge on any atom is -0.506 e. The molecule has 2 aromatic heterocycles. The maximum absolute atomic E-state index is 12.3. The molecule has 2 heterocycles. The number of carboxylic acids is 1. The fraction of sp³-hybridized carbons (Fsp3) is 0.364. The highest BCUT2D eigenvalue weighted by Crippen LogP contribution is 2.39. The van der Waals surface area contributed by atoms with Crippen LogP contribution in [0, 0.1) is 0 Å². The maximum Gasteiger partial charge on any atom is 0.345 e. The van der Waals surface area contributed by atoms with E-state index in [4.69, 9.17) is 0 Å². The number of fused-ring (bicyclic) bond motifs is 4. The van der Waals surface area contributed by atoms with E-state index in [9.17, 15) is 19.8 Å². The van der Waals surface area contributed by atoms with Crippen LogP contribution >= 0.6 is 0 Å². The molecule has 3 aromatic rings. The monoisotopic (exact) mass is 393 g/mol. The molecular weight excluding hydrogens is 370 g/mol. The Labute approximate surface area is 167 Å². The molecule has 0 atom stereocenters. The normalized spacial score (nSPS) is 15.8. The van der Waals surface area contributed by atoms with Gasteiger partial charge < -0.3 is 25.1 Å². The summed E-state index contributed by atoms with van der Waals surface area (Å²) in [5, 5.41) is 24.3. The summed E-state index contributed by atoms with van der Waals surface area (Å²) in [4.78, 5) is 26.3. The van der Waals surface area contributed by atoms with Gasteiger partial charge in [0, 0.05) is 47.4 Å². The molecule has 1 aromatic carbocycles. The predicted octanol–water partition coefficient (Wildman–Crippen LogP) is 2.68. The molecule has 7 heteroatoms. The molecule has 0 saturated heterocycles. The topological polar surface area (TPSA) is 107 Å². The summed E-state index contributed by atoms with van der Waals surface area (Å²) in [5.74, 6) is -1.83. The number of aromatic hydroxyl groups is 1. The second kappa shape index (κ2) is 6.49. The summed E-state index contributed by atoms with van der Waals surface area (Å²) in [5.41, 5.74) is 3.93. The molecule has 1 saturated carbocycles. The predicted molar refractivity (Wildman–Crippen MR) is 109 cm³/mol. The van der Waals surface area contributed by atoms with Gasteiger partial charge in [0.05, 0.1) is 5.69 Å². The van der Waals surface area contributed by atoms with Crippen LogP contribution in [0.15, 0.2) is 23.0 Å². The van der Waals surface area contributed by atoms with Gasteiger partial charge in [0.2, 0.25) is 0 Å². The first-order valence-electron chi connectivity index (χ1n) is 10.0. The molecule has 4 N–H and O–H groups in total. The largest absolute Gasteiger partial charge is 0.506 e. The molecule has 150 valence electrons. The summed E-state index contributed by atoms with van der Waals surface area (Å²) >= 11 is 0. The summed E-state index contributed by atoms with van der Waals surface area (Å²) in [6.07, 6.45) is 4.94. The lowest BCUT2D eigenvalue weighted by Crippen LogP contribution is -2.34. The average molecular weight is 393 g/mol. The Balaban J connectivity index is 1.61. The molecule has 2 aliphatic rings. The van der Waals surface area contributed by atoms with Crippen LogP contribution in [0.4, 0.5) is 0 Å². The van der Waals surface area contributed by atoms with Crippen molar-refractivity contribution in [2.45, 2.75) is 44.7 Å². The molecule has 0 aliphatic heterocycles. The van der Waals surface area contributed by atoms with E-state index in [0.29, 0.717) is 30.1 Å². The van der Waals surface area contributed by atoms with Gasteiger partial charge in [-0.25, -0.2) is 4.79 Å². The Kier molecular flexibility index (Phi) is 4.03. The fourth-order valence-electron chi connectivity index (χ4n) is 4.52. The number of carbonyl (C=O) groups is 1. The quantitative estimate of drug-likeness (QED) is 0.545. The molecule has 0 unspecified atom stereocenters. The first-order valence-corrected chi connectivity index (χ1v) is 10.0. The summed E-state index contributed by atoms with van der Waals surface area (Å²) < 4.78 is 2.20. The van der Waals surface area contributed by atoms with Gasteiger partial charge >= 0.3 is 5.97 Å². The van der Waals surface area contributed by atoms with Crippen molar-refractivity contribution >= 4 is 16.9 Å². The number of rotatable bonds is 4. The Morgan fingerprint density at radius 2 is 2.07 bits per heavy atom. The highest BCUT2D eigenvalue weighted by Gasteiger charge is 2.27. The minimum absolute atomic E-state index is 0.416. The van der Waals surface area contributed by atoms with E-state index in [2.05, 4.69) is 34.0 Å². The molecular formula is C22H23N3O4. The number of aromatic carboxylic acids is 1. The molecule has 0 radical (unpaired) electrons. The van der Waals surface area contributed by atoms with Gasteiger partial charge in [0.25, 0.3) is 5.56 Å². The number of aryl methyl sites for hydroxylation is 2. The summed E-state index contributed by atoms with van der Waals surface area (Å²) in [6, 6.07) is 6.94. The third kappa shape index (κ3) is 2.76. The smallest absolute Gasteiger partial charge is 0.345 e. The lowest BCUT2D eigenvalue weighted by atomic mass is 9.87. The third-order valence-corrected chi connectivity index (χ3v) is 6.46. The summed E-state index contributed by atoms with van der Waals surface area (Å²) in [7, 11) is 2.07. The number of aromatic nitrogens is 2. The van der Waals surface area contributed by atoms with Gasteiger partial charge in [-0.05, 0) is 49.4 Å². The van der Waals surface area contributed by atoms with E-state index in [1.165, 1.54) is 25.0 Å². The first-order chi connectivity index (χ1) is 13.9. The van der Waals surface area contributed by atoms with Crippen LogP contribution in [0.1, 0.15) is 46.4 Å². The van der Waals surface area contributed by atoms with E-state index in [1.54, 1.807) is 0 Å². The minimum atomic E-state index is -1.42. The molecule has 0 spiro atoms. The van der Waals surface area contributed by atoms with Crippen LogP contribution in [0.3, 0.4) is 0 Å². The number of benzene rings is 1. The Morgan fingerprint density at radius 3 is 2.76 bits per heavy atom. The van der Waals surface area contributed by atoms with Crippen LogP contribution in [-0.4, -0.2) is 31.8 Å². The van der Waals surface area contributed by atoms with Gasteiger partial charge in [-0.3, -0.25) is 4.79 Å². The van der Waals surface area contributed by atoms with Gasteiger partial charge in [0.15, 0.2) is 5.56 Å². The Bertz CT molecular complexity index is 1220. The van der Waals surface area contributed by atoms with Gasteiger partial charge in [-0.1, -0.05) is 6.42 Å². The second-order valence-corrected chi connectivity index (χ2v) is 8.11. The van der Waals surface area contributed by atoms with Gasteiger partial charge in [0.1, 0.15) is 5.75 Å². The number of aromatic amines is 1. The third-order valence-electron chi connectivity index (χ3n) is 6.46. The number of pyridine rings is 1. The maximum atomic E-state index is 12.3. The van der Waals surface area contributed by atoms with Crippen molar-refractivity contribution in [3.63, 3.8) is 0 Å². The molecule has 29 heavy (non-hydrogen) atoms. The van der Waals surface area contributed by atoms with E-state index in [1.807, 2.05) is 6.07 Å². The highest BCUT2D eigenvalue weighted by molar-refractivity contribution is 5.94. The Morgan fingerprint density at radius 1 is 1.28 bits per heavy atom. The second-order valence-electron chi connectivity index (χ2n) is 8.11. The van der Waals surface area contributed by atoms with Crippen molar-refractivity contribution in [2.24, 2.45) is 7.05 Å². The van der Waals surface area contributed by atoms with Crippen molar-refractivity contribution in [3.8, 4) is 17.0 Å². The van der Waals surface area contributed by atoms with Crippen molar-refractivity contribution in [2.75, 3.05) is 0 Å². The summed E-state index contributed by atoms with van der Waals surface area (Å²) in [6.45, 7) is 0.816. The number of nitrogens with zero attached hydrogens (tertiary/aromatic N) is 1. The lowest BCUT2D eigenvalue weighted by Gasteiger charge is -2.26. The molecule has 5 rings (SSSR count). The van der Waals surface area contributed by atoms with E-state index in [-0.39, 0.29) is 0 Å². The zero-order chi connectivity index (χ0) is 20.3. The molecule has 1 fully saturated rings. The Hall–Kier alpha value is -3.06. The zero-order valence-electron chi connectivity index (χ0n) is 16.2. The number of carboxylic acid groups (broad SMARTS) is 1. The number of nitrogens with one attached hydrogen (secondary N) is 2. The molecule has 2 aliphatic carbocycles. The van der Waals surface area contributed by atoms with Crippen LogP contribution < -0.4 is 10.9 Å². The van der Waals surface area contributed by atoms with E-state index in [0.717, 1.165) is 28.6 Å². The van der Waals surface area contributed by atoms with Crippen molar-refractivity contribution in [1.29, 1.82) is 0 Å². The number of hydrogen-bond acceptors (Lipinski definition) is 4. The number of H-pyrrole nitrogens is 1. The van der Waals surface area contributed by atoms with Crippen LogP contribution in [0.25, 0.3) is 22.2 Å². The number of hydrogen-bond donors (Lipinski definition) is 4. The van der Waals surface area contributed by atoms with Crippen LogP contribution in [0.5, 0.6) is 5.75 Å². The zero-order valence-corrected chi connectivity index (χ0v) is 16.2. The van der Waals surface area contributed by atoms with Crippen LogP contribution in [-0.2, 0) is 26.4 Å². The fourth-order valence-corrected chi connectivity index (χ4v) is 4.52. The van der Waals surface area contributed by atoms with E-state index < -0.39 is 22.8 Å². The van der Waals surface area contributed by atoms with Crippen molar-refractivity contribution < 1.29 is 15.0 Å². The van der Waals surface area contributed by atoms with Crippen molar-refractivity contribution in [1.82, 2.24) is 14.9 Å². The molecule has 0 amide bonds. The average Bonchev–Trinajstić information content (AvgIpc) is 2.94. The highest BCUT2D eigenvalue weighted by atomic mass is 16.4. The van der Waals surface area contributed by atoms with Crippen molar-refractivity contribution in [3.05, 3.63) is 50.9 Å². The van der Waals surface area contributed by atoms with Gasteiger partial charge in [-0.2, -0.15) is 0 Å². The first kappa shape index (κ1) is 18.0. The van der Waals surface area contributed by atoms with E-state index >= 15 is 0 Å². The SMILES string of the molecule is Cn1c(CNC2CCC2)cc2cc3c(cc21)CCc1c-3[nH]c(=O)c(C(=O)O)c1O. The molecule has 0 bridgehead atoms. The van der Waals surface area contributed by atoms with Crippen LogP contribution in [0.2, 0.25) is 0 Å². The van der Waals surface area contributed by atoms with Gasteiger partial charge in [-0.15, -0.1) is 0 Å². The standard InChI is InChI=1S/C22H23N3O4/c1-25-14(10-23-13-3-2-4-13)7-12-8-16-11(9-17(12)25)5-6-15-19(16)24-21(27)18(20(15)26)22(28)29/h7-9,13,23H,2-6,10H2,1H3,(H,28,29)(H2,24,26,27). The molecule has 7 nitrogen and oxygen atoms in total.